The van der Waals surface area contributed by atoms with Crippen molar-refractivity contribution in [1.29, 1.82) is 0 Å². The van der Waals surface area contributed by atoms with Gasteiger partial charge in [0.2, 0.25) is 0 Å². The summed E-state index contributed by atoms with van der Waals surface area (Å²) in [5, 5.41) is 5.72. The summed E-state index contributed by atoms with van der Waals surface area (Å²) in [5.74, 6) is 0.842. The molecule has 0 atom stereocenters. The summed E-state index contributed by atoms with van der Waals surface area (Å²) >= 11 is 0. The van der Waals surface area contributed by atoms with Crippen molar-refractivity contribution in [2.75, 3.05) is 23.3 Å². The Kier molecular flexibility index (Phi) is 4.71. The Hall–Kier alpha value is -2.63. The lowest BCUT2D eigenvalue weighted by atomic mass is 10.3. The van der Waals surface area contributed by atoms with Crippen molar-refractivity contribution in [3.05, 3.63) is 47.9 Å². The van der Waals surface area contributed by atoms with E-state index in [-0.39, 0.29) is 6.03 Å². The molecule has 0 radical (unpaired) electrons. The predicted octanol–water partition coefficient (Wildman–Crippen LogP) is 2.71. The quantitative estimate of drug-likeness (QED) is 0.911. The normalized spacial score (nSPS) is 13.9. The molecule has 0 unspecified atom stereocenters. The zero-order valence-corrected chi connectivity index (χ0v) is 13.2. The highest BCUT2D eigenvalue weighted by Crippen LogP contribution is 2.25. The number of urea groups is 1. The summed E-state index contributed by atoms with van der Waals surface area (Å²) in [6, 6.07) is 9.22. The Labute approximate surface area is 135 Å². The summed E-state index contributed by atoms with van der Waals surface area (Å²) in [4.78, 5) is 23.1. The molecule has 2 amide bonds. The molecule has 1 aliphatic heterocycles. The lowest BCUT2D eigenvalue weighted by molar-refractivity contribution is 0.251. The van der Waals surface area contributed by atoms with Gasteiger partial charge >= 0.3 is 6.03 Å². The van der Waals surface area contributed by atoms with Gasteiger partial charge in [-0.1, -0.05) is 6.07 Å². The van der Waals surface area contributed by atoms with Crippen LogP contribution in [0.25, 0.3) is 0 Å². The molecule has 6 nitrogen and oxygen atoms in total. The van der Waals surface area contributed by atoms with Gasteiger partial charge in [-0.15, -0.1) is 0 Å². The molecule has 1 fully saturated rings. The smallest absolute Gasteiger partial charge is 0.319 e. The van der Waals surface area contributed by atoms with Gasteiger partial charge in [0.15, 0.2) is 5.82 Å². The molecule has 3 rings (SSSR count). The lowest BCUT2D eigenvalue weighted by Gasteiger charge is -2.20. The lowest BCUT2D eigenvalue weighted by Crippen LogP contribution is -2.30. The SMILES string of the molecule is Cc1cccc(CNC(=O)Nc2cccnc2N2CCCC2)n1. The minimum Gasteiger partial charge on any atom is -0.355 e. The number of nitrogens with one attached hydrogen (secondary N) is 2. The fraction of sp³-hybridized carbons (Fsp3) is 0.353. The maximum absolute atomic E-state index is 12.1. The standard InChI is InChI=1S/C17H21N5O/c1-13-6-4-7-14(20-13)12-19-17(23)21-15-8-5-9-18-16(15)22-10-2-3-11-22/h4-9H,2-3,10-12H2,1H3,(H2,19,21,23). The van der Waals surface area contributed by atoms with Gasteiger partial charge in [-0.05, 0) is 44.0 Å². The van der Waals surface area contributed by atoms with Crippen LogP contribution in [0.4, 0.5) is 16.3 Å². The Morgan fingerprint density at radius 2 is 2.04 bits per heavy atom. The van der Waals surface area contributed by atoms with Crippen LogP contribution in [0.3, 0.4) is 0 Å². The summed E-state index contributed by atoms with van der Waals surface area (Å²) in [6.07, 6.45) is 4.09. The number of nitrogens with zero attached hydrogens (tertiary/aromatic N) is 3. The van der Waals surface area contributed by atoms with E-state index >= 15 is 0 Å². The van der Waals surface area contributed by atoms with E-state index in [9.17, 15) is 4.79 Å². The molecule has 2 aromatic heterocycles. The molecule has 0 saturated carbocycles. The highest BCUT2D eigenvalue weighted by Gasteiger charge is 2.17. The first-order valence-corrected chi connectivity index (χ1v) is 7.90. The Bertz CT molecular complexity index is 682. The number of hydrogen-bond acceptors (Lipinski definition) is 4. The van der Waals surface area contributed by atoms with Gasteiger partial charge in [0.05, 0.1) is 17.9 Å². The third-order valence-electron chi connectivity index (χ3n) is 3.82. The third kappa shape index (κ3) is 3.97. The van der Waals surface area contributed by atoms with Crippen LogP contribution in [0.5, 0.6) is 0 Å². The van der Waals surface area contributed by atoms with E-state index in [2.05, 4.69) is 25.5 Å². The van der Waals surface area contributed by atoms with Gasteiger partial charge in [0.25, 0.3) is 0 Å². The van der Waals surface area contributed by atoms with Gasteiger partial charge in [0.1, 0.15) is 0 Å². The molecule has 2 N–H and O–H groups in total. The highest BCUT2D eigenvalue weighted by atomic mass is 16.2. The first-order chi connectivity index (χ1) is 11.2. The van der Waals surface area contributed by atoms with Gasteiger partial charge in [-0.2, -0.15) is 0 Å². The van der Waals surface area contributed by atoms with E-state index < -0.39 is 0 Å². The summed E-state index contributed by atoms with van der Waals surface area (Å²) < 4.78 is 0. The Balaban J connectivity index is 1.61. The van der Waals surface area contributed by atoms with Crippen LogP contribution < -0.4 is 15.5 Å². The summed E-state index contributed by atoms with van der Waals surface area (Å²) in [5.41, 5.74) is 2.52. The van der Waals surface area contributed by atoms with E-state index in [1.807, 2.05) is 37.3 Å². The number of pyridine rings is 2. The van der Waals surface area contributed by atoms with E-state index in [4.69, 9.17) is 0 Å². The summed E-state index contributed by atoms with van der Waals surface area (Å²) in [7, 11) is 0. The minimum atomic E-state index is -0.248. The van der Waals surface area contributed by atoms with E-state index in [0.29, 0.717) is 6.54 Å². The molecule has 23 heavy (non-hydrogen) atoms. The molecule has 1 aliphatic rings. The van der Waals surface area contributed by atoms with Crippen molar-refractivity contribution in [1.82, 2.24) is 15.3 Å². The molecular formula is C17H21N5O. The second kappa shape index (κ2) is 7.09. The van der Waals surface area contributed by atoms with Crippen LogP contribution in [0.2, 0.25) is 0 Å². The van der Waals surface area contributed by atoms with Crippen molar-refractivity contribution in [3.8, 4) is 0 Å². The van der Waals surface area contributed by atoms with Crippen LogP contribution in [-0.2, 0) is 6.54 Å². The first-order valence-electron chi connectivity index (χ1n) is 7.90. The number of aryl methyl sites for hydroxylation is 1. The molecule has 6 heteroatoms. The monoisotopic (exact) mass is 311 g/mol. The van der Waals surface area contributed by atoms with Crippen LogP contribution in [-0.4, -0.2) is 29.1 Å². The molecule has 0 aromatic carbocycles. The van der Waals surface area contributed by atoms with Crippen molar-refractivity contribution in [2.24, 2.45) is 0 Å². The minimum absolute atomic E-state index is 0.248. The number of rotatable bonds is 4. The second-order valence-electron chi connectivity index (χ2n) is 5.65. The molecular weight excluding hydrogens is 290 g/mol. The molecule has 0 aliphatic carbocycles. The van der Waals surface area contributed by atoms with Gasteiger partial charge in [-0.3, -0.25) is 4.98 Å². The van der Waals surface area contributed by atoms with Gasteiger partial charge in [-0.25, -0.2) is 9.78 Å². The molecule has 2 aromatic rings. The number of carbonyl (C=O) groups is 1. The zero-order chi connectivity index (χ0) is 16.1. The number of carbonyl (C=O) groups excluding carboxylic acids is 1. The molecule has 1 saturated heterocycles. The van der Waals surface area contributed by atoms with E-state index in [1.54, 1.807) is 6.20 Å². The molecule has 0 spiro atoms. The topological polar surface area (TPSA) is 70.2 Å². The van der Waals surface area contributed by atoms with E-state index in [1.165, 1.54) is 12.8 Å². The maximum Gasteiger partial charge on any atom is 0.319 e. The zero-order valence-electron chi connectivity index (χ0n) is 13.2. The van der Waals surface area contributed by atoms with Crippen molar-refractivity contribution >= 4 is 17.5 Å². The van der Waals surface area contributed by atoms with Crippen molar-refractivity contribution < 1.29 is 4.79 Å². The number of aromatic nitrogens is 2. The van der Waals surface area contributed by atoms with E-state index in [0.717, 1.165) is 36.0 Å². The average Bonchev–Trinajstić information content (AvgIpc) is 3.08. The Morgan fingerprint density at radius 3 is 2.83 bits per heavy atom. The van der Waals surface area contributed by atoms with Gasteiger partial charge in [0, 0.05) is 25.0 Å². The van der Waals surface area contributed by atoms with Crippen molar-refractivity contribution in [2.45, 2.75) is 26.3 Å². The first kappa shape index (κ1) is 15.3. The summed E-state index contributed by atoms with van der Waals surface area (Å²) in [6.45, 7) is 4.30. The van der Waals surface area contributed by atoms with Crippen LogP contribution in [0, 0.1) is 6.92 Å². The predicted molar refractivity (Wildman–Crippen MR) is 90.5 cm³/mol. The van der Waals surface area contributed by atoms with Crippen molar-refractivity contribution in [3.63, 3.8) is 0 Å². The average molecular weight is 311 g/mol. The highest BCUT2D eigenvalue weighted by molar-refractivity contribution is 5.92. The largest absolute Gasteiger partial charge is 0.355 e. The number of hydrogen-bond donors (Lipinski definition) is 2. The van der Waals surface area contributed by atoms with Gasteiger partial charge < -0.3 is 15.5 Å². The fourth-order valence-corrected chi connectivity index (χ4v) is 2.71. The Morgan fingerprint density at radius 1 is 1.22 bits per heavy atom. The van der Waals surface area contributed by atoms with Crippen LogP contribution in [0.1, 0.15) is 24.2 Å². The maximum atomic E-state index is 12.1. The van der Waals surface area contributed by atoms with Crippen LogP contribution >= 0.6 is 0 Å². The number of amides is 2. The number of anilines is 2. The molecule has 3 heterocycles. The third-order valence-corrected chi connectivity index (χ3v) is 3.82. The second-order valence-corrected chi connectivity index (χ2v) is 5.65. The molecule has 0 bridgehead atoms. The molecule has 120 valence electrons. The fourth-order valence-electron chi connectivity index (χ4n) is 2.71. The van der Waals surface area contributed by atoms with Crippen LogP contribution in [0.15, 0.2) is 36.5 Å².